The molecule has 0 bridgehead atoms. The minimum atomic E-state index is -0.593. The molecule has 0 saturated carbocycles. The maximum Gasteiger partial charge on any atom is 0.341 e. The second-order valence-corrected chi connectivity index (χ2v) is 4.31. The number of hydrogen-bond donors (Lipinski definition) is 0. The molecule has 1 rings (SSSR count). The van der Waals surface area contributed by atoms with Crippen LogP contribution in [0.15, 0.2) is 17.6 Å². The SMILES string of the molecule is COC(=O)/C(=C/N(C)C)c1sccc1[N+](=O)[O-]. The van der Waals surface area contributed by atoms with Crippen molar-refractivity contribution >= 4 is 28.6 Å². The predicted molar refractivity (Wildman–Crippen MR) is 64.7 cm³/mol. The molecule has 0 unspecified atom stereocenters. The summed E-state index contributed by atoms with van der Waals surface area (Å²) in [4.78, 5) is 23.8. The number of nitrogens with zero attached hydrogens (tertiary/aromatic N) is 2. The average molecular weight is 256 g/mol. The van der Waals surface area contributed by atoms with Gasteiger partial charge in [-0.2, -0.15) is 0 Å². The van der Waals surface area contributed by atoms with Gasteiger partial charge < -0.3 is 9.64 Å². The van der Waals surface area contributed by atoms with Gasteiger partial charge in [-0.3, -0.25) is 10.1 Å². The quantitative estimate of drug-likeness (QED) is 0.355. The van der Waals surface area contributed by atoms with Gasteiger partial charge in [-0.1, -0.05) is 0 Å². The zero-order valence-electron chi connectivity index (χ0n) is 9.67. The number of carbonyl (C=O) groups excluding carboxylic acids is 1. The second kappa shape index (κ2) is 5.44. The molecule has 0 saturated heterocycles. The van der Waals surface area contributed by atoms with Gasteiger partial charge >= 0.3 is 5.97 Å². The number of hydrogen-bond acceptors (Lipinski definition) is 6. The van der Waals surface area contributed by atoms with E-state index in [1.54, 1.807) is 24.4 Å². The molecule has 0 aliphatic carbocycles. The van der Waals surface area contributed by atoms with Gasteiger partial charge in [0.05, 0.1) is 17.6 Å². The molecule has 0 aromatic carbocycles. The number of thiophene rings is 1. The molecule has 0 aliphatic heterocycles. The Kier molecular flexibility index (Phi) is 4.22. The second-order valence-electron chi connectivity index (χ2n) is 3.39. The zero-order chi connectivity index (χ0) is 13.0. The summed E-state index contributed by atoms with van der Waals surface area (Å²) < 4.78 is 4.62. The van der Waals surface area contributed by atoms with Crippen LogP contribution in [0.3, 0.4) is 0 Å². The first-order valence-corrected chi connectivity index (χ1v) is 5.54. The Labute approximate surface area is 102 Å². The maximum absolute atomic E-state index is 11.6. The molecule has 0 amide bonds. The Hall–Kier alpha value is -1.89. The Balaban J connectivity index is 3.27. The molecule has 17 heavy (non-hydrogen) atoms. The monoisotopic (exact) mass is 256 g/mol. The Bertz CT molecular complexity index is 465. The fourth-order valence-electron chi connectivity index (χ4n) is 1.22. The summed E-state index contributed by atoms with van der Waals surface area (Å²) in [5, 5.41) is 12.4. The van der Waals surface area contributed by atoms with Crippen LogP contribution in [0.5, 0.6) is 0 Å². The lowest BCUT2D eigenvalue weighted by Crippen LogP contribution is -2.10. The highest BCUT2D eigenvalue weighted by atomic mass is 32.1. The smallest absolute Gasteiger partial charge is 0.341 e. The minimum absolute atomic E-state index is 0.0894. The number of methoxy groups -OCH3 is 1. The van der Waals surface area contributed by atoms with Gasteiger partial charge in [0, 0.05) is 26.4 Å². The van der Waals surface area contributed by atoms with Crippen LogP contribution in [0.25, 0.3) is 5.57 Å². The van der Waals surface area contributed by atoms with Crippen molar-refractivity contribution in [2.75, 3.05) is 21.2 Å². The van der Waals surface area contributed by atoms with Gasteiger partial charge in [0.25, 0.3) is 5.69 Å². The predicted octanol–water partition coefficient (Wildman–Crippen LogP) is 1.73. The number of esters is 1. The van der Waals surface area contributed by atoms with Crippen LogP contribution in [0.4, 0.5) is 5.69 Å². The summed E-state index contributed by atoms with van der Waals surface area (Å²) in [5.74, 6) is -0.593. The molecule has 0 N–H and O–H groups in total. The lowest BCUT2D eigenvalue weighted by atomic mass is 10.2. The van der Waals surface area contributed by atoms with E-state index in [-0.39, 0.29) is 11.3 Å². The molecule has 92 valence electrons. The van der Waals surface area contributed by atoms with Crippen molar-refractivity contribution in [3.8, 4) is 0 Å². The van der Waals surface area contributed by atoms with Crippen LogP contribution in [0, 0.1) is 10.1 Å². The van der Waals surface area contributed by atoms with Crippen molar-refractivity contribution in [1.82, 2.24) is 4.90 Å². The first kappa shape index (κ1) is 13.2. The first-order chi connectivity index (χ1) is 7.97. The van der Waals surface area contributed by atoms with E-state index in [2.05, 4.69) is 4.74 Å². The molecule has 7 heteroatoms. The third kappa shape index (κ3) is 3.04. The molecular weight excluding hydrogens is 244 g/mol. The van der Waals surface area contributed by atoms with Crippen molar-refractivity contribution in [3.63, 3.8) is 0 Å². The van der Waals surface area contributed by atoms with Crippen molar-refractivity contribution < 1.29 is 14.5 Å². The fourth-order valence-corrected chi connectivity index (χ4v) is 2.08. The summed E-state index contributed by atoms with van der Waals surface area (Å²) in [5.41, 5.74) is 0.0905. The summed E-state index contributed by atoms with van der Waals surface area (Å²) in [6.45, 7) is 0. The van der Waals surface area contributed by atoms with E-state index in [9.17, 15) is 14.9 Å². The maximum atomic E-state index is 11.6. The Morgan fingerprint density at radius 1 is 1.59 bits per heavy atom. The van der Waals surface area contributed by atoms with E-state index < -0.39 is 10.9 Å². The summed E-state index contributed by atoms with van der Waals surface area (Å²) in [7, 11) is 4.69. The van der Waals surface area contributed by atoms with Crippen LogP contribution >= 0.6 is 11.3 Å². The standard InChI is InChI=1S/C10H12N2O4S/c1-11(2)6-7(10(13)16-3)9-8(12(14)15)4-5-17-9/h4-6H,1-3H3/b7-6+. The van der Waals surface area contributed by atoms with Crippen LogP contribution in [-0.2, 0) is 9.53 Å². The average Bonchev–Trinajstić information content (AvgIpc) is 2.73. The molecule has 0 spiro atoms. The molecule has 0 atom stereocenters. The third-order valence-electron chi connectivity index (χ3n) is 1.88. The van der Waals surface area contributed by atoms with Crippen LogP contribution in [0.1, 0.15) is 4.88 Å². The minimum Gasteiger partial charge on any atom is -0.465 e. The van der Waals surface area contributed by atoms with E-state index in [0.717, 1.165) is 11.3 Å². The third-order valence-corrected chi connectivity index (χ3v) is 2.82. The van der Waals surface area contributed by atoms with Crippen LogP contribution in [0.2, 0.25) is 0 Å². The normalized spacial score (nSPS) is 11.1. The Morgan fingerprint density at radius 2 is 2.24 bits per heavy atom. The van der Waals surface area contributed by atoms with E-state index in [1.165, 1.54) is 19.4 Å². The molecule has 1 heterocycles. The molecule has 0 radical (unpaired) electrons. The van der Waals surface area contributed by atoms with Crippen LogP contribution in [-0.4, -0.2) is 37.0 Å². The van der Waals surface area contributed by atoms with E-state index in [4.69, 9.17) is 0 Å². The summed E-state index contributed by atoms with van der Waals surface area (Å²) in [6, 6.07) is 1.37. The Morgan fingerprint density at radius 3 is 2.71 bits per heavy atom. The topological polar surface area (TPSA) is 72.7 Å². The van der Waals surface area contributed by atoms with E-state index in [0.29, 0.717) is 4.88 Å². The highest BCUT2D eigenvalue weighted by Gasteiger charge is 2.24. The molecule has 1 aromatic heterocycles. The molecule has 0 aliphatic rings. The first-order valence-electron chi connectivity index (χ1n) is 4.66. The zero-order valence-corrected chi connectivity index (χ0v) is 10.5. The van der Waals surface area contributed by atoms with Gasteiger partial charge in [-0.05, 0) is 5.38 Å². The van der Waals surface area contributed by atoms with Gasteiger partial charge in [0.2, 0.25) is 0 Å². The molecule has 1 aromatic rings. The van der Waals surface area contributed by atoms with Gasteiger partial charge in [-0.25, -0.2) is 4.79 Å². The lowest BCUT2D eigenvalue weighted by molar-refractivity contribution is -0.384. The molecular formula is C10H12N2O4S. The van der Waals surface area contributed by atoms with Crippen molar-refractivity contribution in [3.05, 3.63) is 32.6 Å². The lowest BCUT2D eigenvalue weighted by Gasteiger charge is -2.08. The summed E-state index contributed by atoms with van der Waals surface area (Å²) in [6.07, 6.45) is 1.50. The van der Waals surface area contributed by atoms with Crippen molar-refractivity contribution in [2.24, 2.45) is 0 Å². The number of ether oxygens (including phenoxy) is 1. The number of rotatable bonds is 4. The van der Waals surface area contributed by atoms with Gasteiger partial charge in [0.1, 0.15) is 4.88 Å². The summed E-state index contributed by atoms with van der Waals surface area (Å²) >= 11 is 1.13. The number of nitro groups is 1. The van der Waals surface area contributed by atoms with Gasteiger partial charge in [0.15, 0.2) is 0 Å². The van der Waals surface area contributed by atoms with Gasteiger partial charge in [-0.15, -0.1) is 11.3 Å². The van der Waals surface area contributed by atoms with Crippen molar-refractivity contribution in [1.29, 1.82) is 0 Å². The largest absolute Gasteiger partial charge is 0.465 e. The van der Waals surface area contributed by atoms with E-state index in [1.807, 2.05) is 0 Å². The molecule has 6 nitrogen and oxygen atoms in total. The van der Waals surface area contributed by atoms with E-state index >= 15 is 0 Å². The highest BCUT2D eigenvalue weighted by Crippen LogP contribution is 2.32. The highest BCUT2D eigenvalue weighted by molar-refractivity contribution is 7.12. The molecule has 0 fully saturated rings. The van der Waals surface area contributed by atoms with Crippen molar-refractivity contribution in [2.45, 2.75) is 0 Å². The van der Waals surface area contributed by atoms with Crippen LogP contribution < -0.4 is 0 Å². The number of carbonyl (C=O) groups is 1. The fraction of sp³-hybridized carbons (Fsp3) is 0.300.